The van der Waals surface area contributed by atoms with E-state index in [0.29, 0.717) is 5.70 Å². The van der Waals surface area contributed by atoms with Gasteiger partial charge in [-0.1, -0.05) is 12.2 Å². The van der Waals surface area contributed by atoms with Gasteiger partial charge in [-0.15, -0.1) is 0 Å². The summed E-state index contributed by atoms with van der Waals surface area (Å²) in [6.45, 7) is 0. The average molecular weight is 230 g/mol. The van der Waals surface area contributed by atoms with Crippen LogP contribution in [0, 0.1) is 11.3 Å². The van der Waals surface area contributed by atoms with Crippen molar-refractivity contribution >= 4 is 5.70 Å². The molecule has 1 aromatic rings. The molecule has 0 saturated carbocycles. The summed E-state index contributed by atoms with van der Waals surface area (Å²) in [5.41, 5.74) is 0.224. The van der Waals surface area contributed by atoms with Crippen LogP contribution in [-0.4, -0.2) is 14.8 Å². The molecule has 86 valence electrons. The second-order valence-corrected chi connectivity index (χ2v) is 3.58. The fourth-order valence-electron chi connectivity index (χ4n) is 1.71. The van der Waals surface area contributed by atoms with Crippen molar-refractivity contribution in [1.29, 1.82) is 5.26 Å². The normalized spacial score (nSPS) is 14.8. The van der Waals surface area contributed by atoms with E-state index >= 15 is 0 Å². The molecule has 0 aromatic carbocycles. The zero-order valence-corrected chi connectivity index (χ0v) is 9.01. The fourth-order valence-corrected chi connectivity index (χ4v) is 1.71. The van der Waals surface area contributed by atoms with Gasteiger partial charge in [0.2, 0.25) is 0 Å². The minimum atomic E-state index is -0.588. The van der Waals surface area contributed by atoms with Crippen LogP contribution in [0.4, 0.5) is 0 Å². The Bertz CT molecular complexity index is 642. The van der Waals surface area contributed by atoms with Crippen LogP contribution >= 0.6 is 0 Å². The number of nitrogens with one attached hydrogen (secondary N) is 1. The maximum absolute atomic E-state index is 11.6. The topological polar surface area (TPSA) is 91.5 Å². The van der Waals surface area contributed by atoms with Crippen LogP contribution in [0.3, 0.4) is 0 Å². The first kappa shape index (κ1) is 11.1. The van der Waals surface area contributed by atoms with Gasteiger partial charge in [-0.3, -0.25) is 9.78 Å². The number of hydrogen-bond donors (Lipinski definition) is 1. The van der Waals surface area contributed by atoms with Crippen molar-refractivity contribution in [3.63, 3.8) is 0 Å². The van der Waals surface area contributed by atoms with Crippen LogP contribution in [0.2, 0.25) is 0 Å². The Labute approximate surface area is 96.5 Å². The van der Waals surface area contributed by atoms with Gasteiger partial charge in [0, 0.05) is 0 Å². The molecule has 0 aliphatic heterocycles. The minimum absolute atomic E-state index is 0.221. The van der Waals surface area contributed by atoms with Crippen molar-refractivity contribution in [3.8, 4) is 6.07 Å². The van der Waals surface area contributed by atoms with Crippen molar-refractivity contribution in [2.24, 2.45) is 0 Å². The highest BCUT2D eigenvalue weighted by Gasteiger charge is 2.13. The first-order valence-electron chi connectivity index (χ1n) is 5.18. The summed E-state index contributed by atoms with van der Waals surface area (Å²) in [5.74, 6) is 0. The number of hydrogen-bond acceptors (Lipinski definition) is 4. The zero-order chi connectivity index (χ0) is 12.3. The van der Waals surface area contributed by atoms with E-state index in [2.05, 4.69) is 10.1 Å². The average Bonchev–Trinajstić information content (AvgIpc) is 2.31. The van der Waals surface area contributed by atoms with Crippen LogP contribution in [0.5, 0.6) is 0 Å². The predicted molar refractivity (Wildman–Crippen MR) is 60.9 cm³/mol. The smallest absolute Gasteiger partial charge is 0.271 e. The number of rotatable bonds is 2. The van der Waals surface area contributed by atoms with Gasteiger partial charge >= 0.3 is 5.69 Å². The van der Waals surface area contributed by atoms with E-state index in [-0.39, 0.29) is 6.42 Å². The molecule has 0 atom stereocenters. The molecule has 17 heavy (non-hydrogen) atoms. The molecular weight excluding hydrogens is 220 g/mol. The molecule has 0 spiro atoms. The van der Waals surface area contributed by atoms with Crippen molar-refractivity contribution in [3.05, 3.63) is 44.8 Å². The number of allylic oxidation sites excluding steroid dienone is 4. The molecule has 6 nitrogen and oxygen atoms in total. The minimum Gasteiger partial charge on any atom is -0.271 e. The van der Waals surface area contributed by atoms with Crippen LogP contribution in [0.25, 0.3) is 5.70 Å². The molecule has 0 bridgehead atoms. The van der Waals surface area contributed by atoms with E-state index in [9.17, 15) is 9.59 Å². The fraction of sp³-hybridized carbons (Fsp3) is 0.273. The molecule has 0 amide bonds. The third kappa shape index (κ3) is 2.23. The van der Waals surface area contributed by atoms with E-state index in [1.807, 2.05) is 18.2 Å². The van der Waals surface area contributed by atoms with Crippen molar-refractivity contribution in [1.82, 2.24) is 14.8 Å². The molecule has 1 aliphatic carbocycles. The summed E-state index contributed by atoms with van der Waals surface area (Å²) < 4.78 is 1.11. The number of nitrogens with zero attached hydrogens (tertiary/aromatic N) is 3. The summed E-state index contributed by atoms with van der Waals surface area (Å²) in [6, 6.07) is 2.04. The standard InChI is InChI=1S/C11H10N4O2/c12-6-5-8-3-1-2-4-9(8)15-11(17)14-10(16)7-13-15/h3-4,7H,1-2,5H2,(H,14,16,17). The molecule has 0 radical (unpaired) electrons. The lowest BCUT2D eigenvalue weighted by molar-refractivity contribution is 0.753. The van der Waals surface area contributed by atoms with Gasteiger partial charge in [0.1, 0.15) is 6.20 Å². The zero-order valence-electron chi connectivity index (χ0n) is 9.01. The second kappa shape index (κ2) is 4.61. The number of nitriles is 1. The van der Waals surface area contributed by atoms with Crippen LogP contribution in [0.1, 0.15) is 19.3 Å². The monoisotopic (exact) mass is 230 g/mol. The molecule has 0 fully saturated rings. The third-order valence-electron chi connectivity index (χ3n) is 2.43. The lowest BCUT2D eigenvalue weighted by Crippen LogP contribution is -2.31. The van der Waals surface area contributed by atoms with Crippen molar-refractivity contribution in [2.45, 2.75) is 19.3 Å². The molecular formula is C11H10N4O2. The van der Waals surface area contributed by atoms with Gasteiger partial charge in [-0.25, -0.2) is 4.79 Å². The summed E-state index contributed by atoms with van der Waals surface area (Å²) in [7, 11) is 0. The van der Waals surface area contributed by atoms with Gasteiger partial charge in [-0.05, 0) is 18.4 Å². The Morgan fingerprint density at radius 2 is 2.18 bits per heavy atom. The summed E-state index contributed by atoms with van der Waals surface area (Å²) >= 11 is 0. The Morgan fingerprint density at radius 3 is 2.88 bits per heavy atom. The molecule has 1 N–H and O–H groups in total. The third-order valence-corrected chi connectivity index (χ3v) is 2.43. The second-order valence-electron chi connectivity index (χ2n) is 3.58. The number of aromatic nitrogens is 3. The van der Waals surface area contributed by atoms with E-state index in [4.69, 9.17) is 5.26 Å². The van der Waals surface area contributed by atoms with Gasteiger partial charge in [-0.2, -0.15) is 15.0 Å². The van der Waals surface area contributed by atoms with E-state index in [1.165, 1.54) is 0 Å². The molecule has 0 saturated heterocycles. The molecule has 2 rings (SSSR count). The molecule has 1 aliphatic rings. The van der Waals surface area contributed by atoms with Crippen LogP contribution in [0.15, 0.2) is 33.5 Å². The predicted octanol–water partition coefficient (Wildman–Crippen LogP) is 0.406. The molecule has 1 aromatic heterocycles. The lowest BCUT2D eigenvalue weighted by atomic mass is 10.0. The van der Waals surface area contributed by atoms with Crippen LogP contribution < -0.4 is 11.2 Å². The Hall–Kier alpha value is -2.42. The lowest BCUT2D eigenvalue weighted by Gasteiger charge is -2.14. The number of H-pyrrole nitrogens is 1. The maximum Gasteiger partial charge on any atom is 0.349 e. The maximum atomic E-state index is 11.6. The summed E-state index contributed by atoms with van der Waals surface area (Å²) in [4.78, 5) is 24.6. The first-order valence-corrected chi connectivity index (χ1v) is 5.18. The Morgan fingerprint density at radius 1 is 1.41 bits per heavy atom. The summed E-state index contributed by atoms with van der Waals surface area (Å²) in [6.07, 6.45) is 6.66. The van der Waals surface area contributed by atoms with Crippen molar-refractivity contribution < 1.29 is 0 Å². The largest absolute Gasteiger partial charge is 0.349 e. The SMILES string of the molecule is N#CCC1=CCCC=C1n1ncc(=O)[nH]c1=O. The molecule has 6 heteroatoms. The highest BCUT2D eigenvalue weighted by molar-refractivity contribution is 5.65. The first-order chi connectivity index (χ1) is 8.22. The van der Waals surface area contributed by atoms with Gasteiger partial charge in [0.05, 0.1) is 18.2 Å². The number of aromatic amines is 1. The Balaban J connectivity index is 2.49. The highest BCUT2D eigenvalue weighted by atomic mass is 16.2. The quantitative estimate of drug-likeness (QED) is 0.796. The molecule has 1 heterocycles. The summed E-state index contributed by atoms with van der Waals surface area (Å²) in [5, 5.41) is 12.5. The Kier molecular flexibility index (Phi) is 3.01. The van der Waals surface area contributed by atoms with E-state index in [1.54, 1.807) is 0 Å². The van der Waals surface area contributed by atoms with E-state index in [0.717, 1.165) is 29.3 Å². The van der Waals surface area contributed by atoms with Gasteiger partial charge < -0.3 is 0 Å². The van der Waals surface area contributed by atoms with E-state index < -0.39 is 11.2 Å². The van der Waals surface area contributed by atoms with Crippen LogP contribution in [-0.2, 0) is 0 Å². The van der Waals surface area contributed by atoms with Gasteiger partial charge in [0.25, 0.3) is 5.56 Å². The molecule has 0 unspecified atom stereocenters. The highest BCUT2D eigenvalue weighted by Crippen LogP contribution is 2.23. The van der Waals surface area contributed by atoms with Crippen molar-refractivity contribution in [2.75, 3.05) is 0 Å². The van der Waals surface area contributed by atoms with Gasteiger partial charge in [0.15, 0.2) is 0 Å².